The smallest absolute Gasteiger partial charge is 0.193 e. The van der Waals surface area contributed by atoms with Crippen LogP contribution in [0.2, 0.25) is 0 Å². The second-order valence-corrected chi connectivity index (χ2v) is 7.22. The fraction of sp³-hybridized carbons (Fsp3) is 0.500. The second-order valence-electron chi connectivity index (χ2n) is 6.28. The van der Waals surface area contributed by atoms with Crippen molar-refractivity contribution in [2.45, 2.75) is 39.7 Å². The summed E-state index contributed by atoms with van der Waals surface area (Å²) in [5, 5.41) is 6.73. The van der Waals surface area contributed by atoms with Crippen LogP contribution in [-0.4, -0.2) is 43.1 Å². The quantitative estimate of drug-likeness (QED) is 0.238. The van der Waals surface area contributed by atoms with E-state index in [1.54, 1.807) is 18.4 Å². The van der Waals surface area contributed by atoms with E-state index in [-0.39, 0.29) is 24.0 Å². The van der Waals surface area contributed by atoms with Gasteiger partial charge in [-0.05, 0) is 50.8 Å². The molecule has 27 heavy (non-hydrogen) atoms. The van der Waals surface area contributed by atoms with Crippen LogP contribution < -0.4 is 10.1 Å². The number of nitrogens with one attached hydrogen (secondary N) is 1. The van der Waals surface area contributed by atoms with Gasteiger partial charge in [-0.15, -0.1) is 35.3 Å². The molecule has 2 aromatic rings. The Bertz CT molecular complexity index is 688. The first-order valence-electron chi connectivity index (χ1n) is 9.15. The topological polar surface area (TPSA) is 49.8 Å². The number of thiazole rings is 1. The number of ether oxygens (including phenoxy) is 1. The van der Waals surface area contributed by atoms with E-state index in [1.807, 2.05) is 19.1 Å². The monoisotopic (exact) mass is 502 g/mol. The lowest BCUT2D eigenvalue weighted by atomic mass is 10.2. The summed E-state index contributed by atoms with van der Waals surface area (Å²) >= 11 is 1.75. The average molecular weight is 502 g/mol. The van der Waals surface area contributed by atoms with Gasteiger partial charge in [-0.2, -0.15) is 0 Å². The number of guanidine groups is 1. The summed E-state index contributed by atoms with van der Waals surface area (Å²) in [5.74, 6) is 1.83. The molecule has 0 aliphatic rings. The van der Waals surface area contributed by atoms with Gasteiger partial charge in [0.25, 0.3) is 0 Å². The van der Waals surface area contributed by atoms with Crippen molar-refractivity contribution >= 4 is 41.3 Å². The highest BCUT2D eigenvalue weighted by molar-refractivity contribution is 14.0. The molecule has 5 nitrogen and oxygen atoms in total. The standard InChI is InChI=1S/C20H30N4OS.HI/c1-5-21-20(22-13-7-6-8-19-23-16(2)15-26-19)24(3)14-17-9-11-18(25-4)12-10-17;/h9-12,15H,5-8,13-14H2,1-4H3,(H,21,22);1H. The Kier molecular flexibility index (Phi) is 11.3. The lowest BCUT2D eigenvalue weighted by Crippen LogP contribution is -2.38. The lowest BCUT2D eigenvalue weighted by molar-refractivity contribution is 0.414. The van der Waals surface area contributed by atoms with Gasteiger partial charge < -0.3 is 15.0 Å². The lowest BCUT2D eigenvalue weighted by Gasteiger charge is -2.22. The van der Waals surface area contributed by atoms with Crippen LogP contribution in [0.5, 0.6) is 5.75 Å². The van der Waals surface area contributed by atoms with Crippen molar-refractivity contribution in [3.63, 3.8) is 0 Å². The third-order valence-electron chi connectivity index (χ3n) is 4.00. The molecule has 0 radical (unpaired) electrons. The highest BCUT2D eigenvalue weighted by Gasteiger charge is 2.06. The molecule has 0 fully saturated rings. The fourth-order valence-corrected chi connectivity index (χ4v) is 3.46. The maximum Gasteiger partial charge on any atom is 0.193 e. The highest BCUT2D eigenvalue weighted by Crippen LogP contribution is 2.13. The van der Waals surface area contributed by atoms with Crippen molar-refractivity contribution in [2.24, 2.45) is 4.99 Å². The van der Waals surface area contributed by atoms with Gasteiger partial charge in [0, 0.05) is 37.8 Å². The van der Waals surface area contributed by atoms with Gasteiger partial charge in [0.05, 0.1) is 12.1 Å². The van der Waals surface area contributed by atoms with Crippen LogP contribution in [-0.2, 0) is 13.0 Å². The number of methoxy groups -OCH3 is 1. The van der Waals surface area contributed by atoms with Crippen LogP contribution in [0.15, 0.2) is 34.6 Å². The average Bonchev–Trinajstić information content (AvgIpc) is 3.06. The Morgan fingerprint density at radius 3 is 2.59 bits per heavy atom. The molecule has 0 amide bonds. The molecule has 0 aliphatic carbocycles. The van der Waals surface area contributed by atoms with Gasteiger partial charge in [0.1, 0.15) is 5.75 Å². The van der Waals surface area contributed by atoms with Gasteiger partial charge in [-0.3, -0.25) is 4.99 Å². The molecule has 1 heterocycles. The van der Waals surface area contributed by atoms with Crippen molar-refractivity contribution < 1.29 is 4.74 Å². The van der Waals surface area contributed by atoms with Crippen molar-refractivity contribution in [1.82, 2.24) is 15.2 Å². The van der Waals surface area contributed by atoms with E-state index in [0.717, 1.165) is 56.3 Å². The van der Waals surface area contributed by atoms with Gasteiger partial charge in [-0.1, -0.05) is 12.1 Å². The zero-order valence-electron chi connectivity index (χ0n) is 16.7. The molecule has 0 bridgehead atoms. The largest absolute Gasteiger partial charge is 0.497 e. The molecule has 1 aromatic carbocycles. The number of hydrogen-bond acceptors (Lipinski definition) is 4. The Balaban J connectivity index is 0.00000364. The summed E-state index contributed by atoms with van der Waals surface area (Å²) in [6.45, 7) is 6.66. The Labute approximate surface area is 184 Å². The number of aromatic nitrogens is 1. The minimum absolute atomic E-state index is 0. The van der Waals surface area contributed by atoms with E-state index < -0.39 is 0 Å². The molecule has 0 unspecified atom stereocenters. The van der Waals surface area contributed by atoms with Crippen LogP contribution in [0.3, 0.4) is 0 Å². The summed E-state index contributed by atoms with van der Waals surface area (Å²) in [7, 11) is 3.76. The third kappa shape index (κ3) is 8.47. The van der Waals surface area contributed by atoms with E-state index in [4.69, 9.17) is 9.73 Å². The number of aryl methyl sites for hydroxylation is 2. The van der Waals surface area contributed by atoms with E-state index in [2.05, 4.69) is 46.7 Å². The molecule has 0 aliphatic heterocycles. The van der Waals surface area contributed by atoms with E-state index in [9.17, 15) is 0 Å². The molecular formula is C20H31IN4OS. The maximum atomic E-state index is 5.22. The molecule has 2 rings (SSSR count). The van der Waals surface area contributed by atoms with Gasteiger partial charge in [0.2, 0.25) is 0 Å². The van der Waals surface area contributed by atoms with E-state index in [0.29, 0.717) is 0 Å². The number of halogens is 1. The SMILES string of the molecule is CCNC(=NCCCCc1nc(C)cs1)N(C)Cc1ccc(OC)cc1.I. The van der Waals surface area contributed by atoms with Crippen molar-refractivity contribution in [1.29, 1.82) is 0 Å². The number of hydrogen-bond donors (Lipinski definition) is 1. The number of nitrogens with zero attached hydrogens (tertiary/aromatic N) is 3. The summed E-state index contributed by atoms with van der Waals surface area (Å²) in [5.41, 5.74) is 2.36. The molecule has 7 heteroatoms. The van der Waals surface area contributed by atoms with Crippen molar-refractivity contribution in [3.05, 3.63) is 45.9 Å². The fourth-order valence-electron chi connectivity index (χ4n) is 2.64. The van der Waals surface area contributed by atoms with Crippen LogP contribution in [0.1, 0.15) is 36.0 Å². The molecule has 0 saturated heterocycles. The van der Waals surface area contributed by atoms with Gasteiger partial charge in [0.15, 0.2) is 5.96 Å². The second kappa shape index (κ2) is 12.9. The van der Waals surface area contributed by atoms with Gasteiger partial charge in [-0.25, -0.2) is 4.98 Å². The van der Waals surface area contributed by atoms with Gasteiger partial charge >= 0.3 is 0 Å². The van der Waals surface area contributed by atoms with Crippen molar-refractivity contribution in [3.8, 4) is 5.75 Å². The summed E-state index contributed by atoms with van der Waals surface area (Å²) in [4.78, 5) is 11.4. The minimum Gasteiger partial charge on any atom is -0.497 e. The first kappa shape index (κ1) is 23.7. The van der Waals surface area contributed by atoms with E-state index in [1.165, 1.54) is 10.6 Å². The molecule has 1 aromatic heterocycles. The molecule has 150 valence electrons. The van der Waals surface area contributed by atoms with Crippen LogP contribution in [0.4, 0.5) is 0 Å². The van der Waals surface area contributed by atoms with Crippen molar-refractivity contribution in [2.75, 3.05) is 27.2 Å². The number of unbranched alkanes of at least 4 members (excludes halogenated alkanes) is 1. The highest BCUT2D eigenvalue weighted by atomic mass is 127. The van der Waals surface area contributed by atoms with Crippen LogP contribution in [0, 0.1) is 6.92 Å². The predicted octanol–water partition coefficient (Wildman–Crippen LogP) is 4.50. The van der Waals surface area contributed by atoms with Crippen LogP contribution >= 0.6 is 35.3 Å². The first-order chi connectivity index (χ1) is 12.6. The minimum atomic E-state index is 0. The molecule has 0 spiro atoms. The Hall–Kier alpha value is -1.35. The Morgan fingerprint density at radius 2 is 2.00 bits per heavy atom. The molecule has 1 N–H and O–H groups in total. The number of aliphatic imine (C=N–C) groups is 1. The maximum absolute atomic E-state index is 5.22. The Morgan fingerprint density at radius 1 is 1.26 bits per heavy atom. The normalized spacial score (nSPS) is 11.0. The summed E-state index contributed by atoms with van der Waals surface area (Å²) < 4.78 is 5.22. The summed E-state index contributed by atoms with van der Waals surface area (Å²) in [6.07, 6.45) is 3.24. The summed E-state index contributed by atoms with van der Waals surface area (Å²) in [6, 6.07) is 8.17. The predicted molar refractivity (Wildman–Crippen MR) is 126 cm³/mol. The number of benzene rings is 1. The number of rotatable bonds is 9. The van der Waals surface area contributed by atoms with E-state index >= 15 is 0 Å². The zero-order valence-corrected chi connectivity index (χ0v) is 19.8. The molecule has 0 atom stereocenters. The third-order valence-corrected chi connectivity index (χ3v) is 5.03. The first-order valence-corrected chi connectivity index (χ1v) is 10.0. The molecular weight excluding hydrogens is 471 g/mol. The zero-order chi connectivity index (χ0) is 18.8. The molecule has 0 saturated carbocycles. The van der Waals surface area contributed by atoms with Crippen LogP contribution in [0.25, 0.3) is 0 Å².